The van der Waals surface area contributed by atoms with Gasteiger partial charge in [-0.05, 0) is 0 Å². The summed E-state index contributed by atoms with van der Waals surface area (Å²) < 4.78 is 0. The number of carboxylic acid groups (broad SMARTS) is 1. The smallest absolute Gasteiger partial charge is 0.353 e. The van der Waals surface area contributed by atoms with Crippen LogP contribution in [0.15, 0.2) is 10.6 Å². The van der Waals surface area contributed by atoms with Crippen LogP contribution in [0.2, 0.25) is 0 Å². The van der Waals surface area contributed by atoms with Crippen LogP contribution >= 0.6 is 11.8 Å². The zero-order valence-electron chi connectivity index (χ0n) is 7.71. The van der Waals surface area contributed by atoms with Crippen LogP contribution in [0.3, 0.4) is 0 Å². The minimum absolute atomic E-state index is 0.0669. The van der Waals surface area contributed by atoms with Crippen LogP contribution in [-0.4, -0.2) is 45.0 Å². The highest BCUT2D eigenvalue weighted by molar-refractivity contribution is 8.04. The van der Waals surface area contributed by atoms with Crippen molar-refractivity contribution in [3.63, 3.8) is 0 Å². The first kappa shape index (κ1) is 10.5. The number of hydrogen-bond acceptors (Lipinski definition) is 5. The summed E-state index contributed by atoms with van der Waals surface area (Å²) in [4.78, 5) is 23.8. The predicted molar refractivity (Wildman–Crippen MR) is 52.6 cm³/mol. The molecule has 7 heteroatoms. The lowest BCUT2D eigenvalue weighted by molar-refractivity contribution is -0.145. The van der Waals surface area contributed by atoms with Crippen molar-refractivity contribution in [3.8, 4) is 0 Å². The molecule has 0 aromatic heterocycles. The Morgan fingerprint density at radius 2 is 2.40 bits per heavy atom. The zero-order valence-corrected chi connectivity index (χ0v) is 8.53. The number of hydrogen-bond donors (Lipinski definition) is 3. The summed E-state index contributed by atoms with van der Waals surface area (Å²) in [7, 11) is 0. The van der Waals surface area contributed by atoms with Gasteiger partial charge in [0, 0.05) is 4.91 Å². The molecule has 2 aliphatic rings. The molecule has 0 aliphatic carbocycles. The van der Waals surface area contributed by atoms with Crippen molar-refractivity contribution in [2.24, 2.45) is 5.73 Å². The lowest BCUT2D eigenvalue weighted by Crippen LogP contribution is -2.48. The van der Waals surface area contributed by atoms with E-state index < -0.39 is 12.0 Å². The van der Waals surface area contributed by atoms with E-state index in [1.807, 2.05) is 0 Å². The highest BCUT2D eigenvalue weighted by atomic mass is 32.2. The number of nitrogens with zero attached hydrogens (tertiary/aromatic N) is 1. The standard InChI is InChI=1S/C8H10N2O4S/c9-3(2-11)7-6(8(13)14)10-4(12)1-5(10)15-7/h3,5,11H,1-2,9H2,(H,13,14)/t3?,5-/m0/s1. The van der Waals surface area contributed by atoms with Gasteiger partial charge in [-0.15, -0.1) is 11.8 Å². The molecular formula is C8H10N2O4S. The lowest BCUT2D eigenvalue weighted by Gasteiger charge is -2.33. The van der Waals surface area contributed by atoms with Crippen molar-refractivity contribution in [3.05, 3.63) is 10.6 Å². The maximum absolute atomic E-state index is 11.2. The van der Waals surface area contributed by atoms with Crippen LogP contribution in [0.4, 0.5) is 0 Å². The molecule has 0 aromatic rings. The largest absolute Gasteiger partial charge is 0.477 e. The number of fused-ring (bicyclic) bond motifs is 1. The average Bonchev–Trinajstić information content (AvgIpc) is 2.50. The number of carbonyl (C=O) groups is 2. The van der Waals surface area contributed by atoms with E-state index in [9.17, 15) is 9.59 Å². The summed E-state index contributed by atoms with van der Waals surface area (Å²) in [6.45, 7) is -0.326. The maximum atomic E-state index is 11.2. The zero-order chi connectivity index (χ0) is 11.2. The number of carboxylic acids is 1. The van der Waals surface area contributed by atoms with E-state index in [0.717, 1.165) is 0 Å². The molecule has 1 saturated heterocycles. The minimum Gasteiger partial charge on any atom is -0.477 e. The van der Waals surface area contributed by atoms with Gasteiger partial charge in [-0.3, -0.25) is 9.69 Å². The van der Waals surface area contributed by atoms with Crippen molar-refractivity contribution >= 4 is 23.6 Å². The quantitative estimate of drug-likeness (QED) is 0.532. The third-order valence-electron chi connectivity index (χ3n) is 2.38. The Hall–Kier alpha value is -1.05. The molecule has 4 N–H and O–H groups in total. The third-order valence-corrected chi connectivity index (χ3v) is 3.78. The van der Waals surface area contributed by atoms with Crippen LogP contribution in [0.1, 0.15) is 6.42 Å². The number of β-lactam (4-membered cyclic amide) rings is 1. The van der Waals surface area contributed by atoms with Gasteiger partial charge in [-0.2, -0.15) is 0 Å². The normalized spacial score (nSPS) is 26.4. The molecule has 2 atom stereocenters. The highest BCUT2D eigenvalue weighted by Gasteiger charge is 2.49. The molecule has 0 radical (unpaired) electrons. The Balaban J connectivity index is 2.35. The fraction of sp³-hybridized carbons (Fsp3) is 0.500. The maximum Gasteiger partial charge on any atom is 0.353 e. The fourth-order valence-electron chi connectivity index (χ4n) is 1.63. The van der Waals surface area contributed by atoms with Gasteiger partial charge in [-0.1, -0.05) is 0 Å². The molecule has 0 aromatic carbocycles. The topological polar surface area (TPSA) is 104 Å². The van der Waals surface area contributed by atoms with Crippen LogP contribution in [-0.2, 0) is 9.59 Å². The van der Waals surface area contributed by atoms with E-state index in [1.165, 1.54) is 16.7 Å². The number of nitrogens with two attached hydrogens (primary N) is 1. The van der Waals surface area contributed by atoms with Crippen LogP contribution in [0.5, 0.6) is 0 Å². The molecule has 15 heavy (non-hydrogen) atoms. The highest BCUT2D eigenvalue weighted by Crippen LogP contribution is 2.46. The van der Waals surface area contributed by atoms with Crippen molar-refractivity contribution in [1.29, 1.82) is 0 Å². The first-order valence-electron chi connectivity index (χ1n) is 4.39. The van der Waals surface area contributed by atoms with Gasteiger partial charge >= 0.3 is 5.97 Å². The second-order valence-corrected chi connectivity index (χ2v) is 4.57. The average molecular weight is 230 g/mol. The van der Waals surface area contributed by atoms with E-state index in [-0.39, 0.29) is 23.6 Å². The summed E-state index contributed by atoms with van der Waals surface area (Å²) in [5.74, 6) is -1.37. The second-order valence-electron chi connectivity index (χ2n) is 3.35. The van der Waals surface area contributed by atoms with Gasteiger partial charge in [0.05, 0.1) is 24.4 Å². The molecule has 0 saturated carbocycles. The molecule has 0 spiro atoms. The van der Waals surface area contributed by atoms with E-state index >= 15 is 0 Å². The van der Waals surface area contributed by atoms with E-state index in [1.54, 1.807) is 0 Å². The summed E-state index contributed by atoms with van der Waals surface area (Å²) in [5, 5.41) is 17.7. The Bertz CT molecular complexity index is 368. The van der Waals surface area contributed by atoms with Gasteiger partial charge in [0.25, 0.3) is 0 Å². The number of amides is 1. The summed E-state index contributed by atoms with van der Waals surface area (Å²) in [5.41, 5.74) is 5.51. The first-order chi connectivity index (χ1) is 7.06. The Labute approximate surface area is 89.7 Å². The number of aliphatic hydroxyl groups excluding tert-OH is 1. The number of carbonyl (C=O) groups excluding carboxylic acids is 1. The van der Waals surface area contributed by atoms with Crippen molar-refractivity contribution < 1.29 is 19.8 Å². The SMILES string of the molecule is NC(CO)C1=C(C(=O)O)N2C(=O)C[C@@H]2S1. The summed E-state index contributed by atoms with van der Waals surface area (Å²) in [6.07, 6.45) is 0.336. The van der Waals surface area contributed by atoms with Crippen LogP contribution in [0.25, 0.3) is 0 Å². The van der Waals surface area contributed by atoms with Crippen LogP contribution < -0.4 is 5.73 Å². The Morgan fingerprint density at radius 3 is 2.87 bits per heavy atom. The van der Waals surface area contributed by atoms with E-state index in [2.05, 4.69) is 0 Å². The predicted octanol–water partition coefficient (Wildman–Crippen LogP) is -1.09. The number of aliphatic carboxylic acids is 1. The van der Waals surface area contributed by atoms with E-state index in [4.69, 9.17) is 15.9 Å². The molecular weight excluding hydrogens is 220 g/mol. The molecule has 2 aliphatic heterocycles. The molecule has 2 rings (SSSR count). The molecule has 1 unspecified atom stereocenters. The van der Waals surface area contributed by atoms with Crippen molar-refractivity contribution in [2.75, 3.05) is 6.61 Å². The summed E-state index contributed by atoms with van der Waals surface area (Å²) in [6, 6.07) is -0.723. The van der Waals surface area contributed by atoms with Gasteiger partial charge in [0.2, 0.25) is 5.91 Å². The van der Waals surface area contributed by atoms with Gasteiger partial charge in [-0.25, -0.2) is 4.79 Å². The fourth-order valence-corrected chi connectivity index (χ4v) is 3.02. The monoisotopic (exact) mass is 230 g/mol. The van der Waals surface area contributed by atoms with Crippen LogP contribution in [0, 0.1) is 0 Å². The molecule has 1 fully saturated rings. The number of rotatable bonds is 3. The number of thioether (sulfide) groups is 1. The van der Waals surface area contributed by atoms with Crippen molar-refractivity contribution in [2.45, 2.75) is 17.8 Å². The second kappa shape index (κ2) is 3.51. The third kappa shape index (κ3) is 1.43. The first-order valence-corrected chi connectivity index (χ1v) is 5.27. The van der Waals surface area contributed by atoms with Crippen molar-refractivity contribution in [1.82, 2.24) is 4.90 Å². The van der Waals surface area contributed by atoms with Gasteiger partial charge < -0.3 is 15.9 Å². The molecule has 1 amide bonds. The van der Waals surface area contributed by atoms with Gasteiger partial charge in [0.1, 0.15) is 5.70 Å². The minimum atomic E-state index is -1.17. The summed E-state index contributed by atoms with van der Waals surface area (Å²) >= 11 is 1.25. The lowest BCUT2D eigenvalue weighted by atomic mass is 10.1. The molecule has 82 valence electrons. The molecule has 6 nitrogen and oxygen atoms in total. The Kier molecular flexibility index (Phi) is 2.45. The molecule has 0 bridgehead atoms. The number of aliphatic hydroxyl groups is 1. The Morgan fingerprint density at radius 1 is 1.73 bits per heavy atom. The molecule has 2 heterocycles. The van der Waals surface area contributed by atoms with E-state index in [0.29, 0.717) is 11.3 Å². The van der Waals surface area contributed by atoms with Gasteiger partial charge in [0.15, 0.2) is 0 Å².